The standard InChI is InChI=1S/C25H36/c1-4-7-15-22-18-19-23(20-21-13-11-10-12-14-21)25(17-9-6-3)24(22)16-8-5-2/h10-14,18-19H,4-9,15-17,20H2,1-3H3. The van der Waals surface area contributed by atoms with Crippen LogP contribution in [0.4, 0.5) is 0 Å². The van der Waals surface area contributed by atoms with Gasteiger partial charge in [-0.1, -0.05) is 82.5 Å². The van der Waals surface area contributed by atoms with E-state index in [0.717, 1.165) is 6.42 Å². The van der Waals surface area contributed by atoms with Crippen molar-refractivity contribution in [2.24, 2.45) is 0 Å². The van der Waals surface area contributed by atoms with Crippen LogP contribution in [-0.2, 0) is 25.7 Å². The zero-order valence-electron chi connectivity index (χ0n) is 16.6. The summed E-state index contributed by atoms with van der Waals surface area (Å²) in [4.78, 5) is 0. The Balaban J connectivity index is 2.38. The van der Waals surface area contributed by atoms with Gasteiger partial charge in [-0.05, 0) is 72.8 Å². The second kappa shape index (κ2) is 11.1. The summed E-state index contributed by atoms with van der Waals surface area (Å²) >= 11 is 0. The highest BCUT2D eigenvalue weighted by Gasteiger charge is 2.13. The molecule has 2 rings (SSSR count). The van der Waals surface area contributed by atoms with Crippen molar-refractivity contribution in [3.05, 3.63) is 70.3 Å². The van der Waals surface area contributed by atoms with Gasteiger partial charge < -0.3 is 0 Å². The molecule has 0 atom stereocenters. The lowest BCUT2D eigenvalue weighted by Gasteiger charge is -2.19. The number of aryl methyl sites for hydroxylation is 1. The van der Waals surface area contributed by atoms with Crippen LogP contribution >= 0.6 is 0 Å². The van der Waals surface area contributed by atoms with Crippen LogP contribution in [0.1, 0.15) is 87.1 Å². The van der Waals surface area contributed by atoms with E-state index in [1.54, 1.807) is 22.3 Å². The molecule has 2 aromatic rings. The fourth-order valence-electron chi connectivity index (χ4n) is 3.70. The Morgan fingerprint density at radius 1 is 0.560 bits per heavy atom. The van der Waals surface area contributed by atoms with Gasteiger partial charge in [0.2, 0.25) is 0 Å². The van der Waals surface area contributed by atoms with Gasteiger partial charge in [-0.15, -0.1) is 0 Å². The van der Waals surface area contributed by atoms with Crippen molar-refractivity contribution >= 4 is 0 Å². The fourth-order valence-corrected chi connectivity index (χ4v) is 3.70. The Morgan fingerprint density at radius 2 is 1.08 bits per heavy atom. The monoisotopic (exact) mass is 336 g/mol. The molecule has 25 heavy (non-hydrogen) atoms. The number of hydrogen-bond acceptors (Lipinski definition) is 0. The van der Waals surface area contributed by atoms with Gasteiger partial charge in [-0.2, -0.15) is 0 Å². The third-order valence-corrected chi connectivity index (χ3v) is 5.22. The Labute approximate surface area is 155 Å². The Hall–Kier alpha value is -1.56. The molecular formula is C25H36. The molecule has 0 heteroatoms. The molecule has 0 aromatic heterocycles. The Morgan fingerprint density at radius 3 is 1.68 bits per heavy atom. The summed E-state index contributed by atoms with van der Waals surface area (Å²) in [6.45, 7) is 6.92. The summed E-state index contributed by atoms with van der Waals surface area (Å²) in [6, 6.07) is 15.8. The van der Waals surface area contributed by atoms with E-state index in [2.05, 4.69) is 63.2 Å². The molecule has 0 nitrogen and oxygen atoms in total. The van der Waals surface area contributed by atoms with E-state index in [-0.39, 0.29) is 0 Å². The summed E-state index contributed by atoms with van der Waals surface area (Å²) in [5.41, 5.74) is 7.98. The van der Waals surface area contributed by atoms with Crippen LogP contribution in [-0.4, -0.2) is 0 Å². The van der Waals surface area contributed by atoms with E-state index in [0.29, 0.717) is 0 Å². The molecule has 0 saturated carbocycles. The maximum absolute atomic E-state index is 2.44. The van der Waals surface area contributed by atoms with Crippen molar-refractivity contribution in [3.63, 3.8) is 0 Å². The first kappa shape index (κ1) is 19.8. The Kier molecular flexibility index (Phi) is 8.80. The highest BCUT2D eigenvalue weighted by Crippen LogP contribution is 2.27. The van der Waals surface area contributed by atoms with Crippen molar-refractivity contribution in [2.45, 2.75) is 85.0 Å². The lowest BCUT2D eigenvalue weighted by Crippen LogP contribution is -2.06. The maximum atomic E-state index is 2.44. The third-order valence-electron chi connectivity index (χ3n) is 5.22. The van der Waals surface area contributed by atoms with E-state index in [9.17, 15) is 0 Å². The largest absolute Gasteiger partial charge is 0.0654 e. The van der Waals surface area contributed by atoms with Crippen molar-refractivity contribution in [3.8, 4) is 0 Å². The van der Waals surface area contributed by atoms with E-state index >= 15 is 0 Å². The number of benzene rings is 2. The fraction of sp³-hybridized carbons (Fsp3) is 0.520. The lowest BCUT2D eigenvalue weighted by molar-refractivity contribution is 0.730. The minimum Gasteiger partial charge on any atom is -0.0654 e. The molecule has 0 amide bonds. The van der Waals surface area contributed by atoms with Gasteiger partial charge in [0.1, 0.15) is 0 Å². The van der Waals surface area contributed by atoms with Crippen LogP contribution in [0.15, 0.2) is 42.5 Å². The molecule has 2 aromatic carbocycles. The highest BCUT2D eigenvalue weighted by molar-refractivity contribution is 5.44. The quantitative estimate of drug-likeness (QED) is 0.403. The molecule has 0 saturated heterocycles. The van der Waals surface area contributed by atoms with E-state index < -0.39 is 0 Å². The molecule has 0 bridgehead atoms. The lowest BCUT2D eigenvalue weighted by atomic mass is 9.86. The first-order chi connectivity index (χ1) is 12.3. The summed E-state index contributed by atoms with van der Waals surface area (Å²) in [5, 5.41) is 0. The van der Waals surface area contributed by atoms with Crippen molar-refractivity contribution in [2.75, 3.05) is 0 Å². The van der Waals surface area contributed by atoms with Crippen LogP contribution in [0.3, 0.4) is 0 Å². The molecule has 0 aliphatic rings. The zero-order chi connectivity index (χ0) is 17.9. The summed E-state index contributed by atoms with van der Waals surface area (Å²) in [6.07, 6.45) is 12.6. The molecule has 0 spiro atoms. The van der Waals surface area contributed by atoms with E-state index in [4.69, 9.17) is 0 Å². The predicted octanol–water partition coefficient (Wildman–Crippen LogP) is 7.31. The molecule has 0 heterocycles. The van der Waals surface area contributed by atoms with Gasteiger partial charge in [0.25, 0.3) is 0 Å². The normalized spacial score (nSPS) is 11.0. The zero-order valence-corrected chi connectivity index (χ0v) is 16.6. The first-order valence-electron chi connectivity index (χ1n) is 10.5. The SMILES string of the molecule is CCCCc1ccc(Cc2ccccc2)c(CCCC)c1CCCC. The average Bonchev–Trinajstić information content (AvgIpc) is 2.65. The number of rotatable bonds is 11. The molecule has 0 unspecified atom stereocenters. The van der Waals surface area contributed by atoms with Gasteiger partial charge >= 0.3 is 0 Å². The van der Waals surface area contributed by atoms with Gasteiger partial charge in [0.15, 0.2) is 0 Å². The van der Waals surface area contributed by atoms with Gasteiger partial charge in [0, 0.05) is 0 Å². The van der Waals surface area contributed by atoms with Crippen LogP contribution in [0, 0.1) is 0 Å². The smallest absolute Gasteiger partial charge is 0.00229 e. The van der Waals surface area contributed by atoms with Crippen molar-refractivity contribution in [1.29, 1.82) is 0 Å². The molecular weight excluding hydrogens is 300 g/mol. The number of hydrogen-bond donors (Lipinski definition) is 0. The minimum atomic E-state index is 1.08. The first-order valence-corrected chi connectivity index (χ1v) is 10.5. The van der Waals surface area contributed by atoms with E-state index in [1.807, 2.05) is 0 Å². The van der Waals surface area contributed by atoms with Gasteiger partial charge in [-0.3, -0.25) is 0 Å². The topological polar surface area (TPSA) is 0 Å². The Bertz CT molecular complexity index is 609. The van der Waals surface area contributed by atoms with Crippen molar-refractivity contribution < 1.29 is 0 Å². The summed E-state index contributed by atoms with van der Waals surface area (Å²) < 4.78 is 0. The van der Waals surface area contributed by atoms with Crippen LogP contribution in [0.5, 0.6) is 0 Å². The van der Waals surface area contributed by atoms with Crippen LogP contribution in [0.25, 0.3) is 0 Å². The van der Waals surface area contributed by atoms with E-state index in [1.165, 1.54) is 63.4 Å². The summed E-state index contributed by atoms with van der Waals surface area (Å²) in [7, 11) is 0. The van der Waals surface area contributed by atoms with Crippen LogP contribution in [0.2, 0.25) is 0 Å². The molecule has 0 aliphatic heterocycles. The van der Waals surface area contributed by atoms with Crippen molar-refractivity contribution in [1.82, 2.24) is 0 Å². The minimum absolute atomic E-state index is 1.08. The predicted molar refractivity (Wildman–Crippen MR) is 112 cm³/mol. The second-order valence-electron chi connectivity index (χ2n) is 7.31. The summed E-state index contributed by atoms with van der Waals surface area (Å²) in [5.74, 6) is 0. The highest BCUT2D eigenvalue weighted by atomic mass is 14.2. The molecule has 0 aliphatic carbocycles. The van der Waals surface area contributed by atoms with Crippen LogP contribution < -0.4 is 0 Å². The molecule has 0 fully saturated rings. The van der Waals surface area contributed by atoms with Gasteiger partial charge in [-0.25, -0.2) is 0 Å². The number of unbranched alkanes of at least 4 members (excludes halogenated alkanes) is 3. The van der Waals surface area contributed by atoms with Gasteiger partial charge in [0.05, 0.1) is 0 Å². The molecule has 136 valence electrons. The molecule has 0 radical (unpaired) electrons. The molecule has 0 N–H and O–H groups in total. The maximum Gasteiger partial charge on any atom is -0.00229 e. The second-order valence-corrected chi connectivity index (χ2v) is 7.31. The average molecular weight is 337 g/mol. The third kappa shape index (κ3) is 6.03.